The van der Waals surface area contributed by atoms with Crippen LogP contribution in [0.2, 0.25) is 0 Å². The molecule has 2 N–H and O–H groups in total. The number of aryl methyl sites for hydroxylation is 2. The average molecular weight is 302 g/mol. The molecule has 0 unspecified atom stereocenters. The van der Waals surface area contributed by atoms with Crippen LogP contribution in [0.4, 0.5) is 9.52 Å². The average Bonchev–Trinajstić information content (AvgIpc) is 2.63. The molecule has 0 bridgehead atoms. The standard InChI is InChI=1S/C10H9BrFN3S/c11-7-3-1-6(8(12)5-7)2-4-9-14-15-10(13)16-9/h1,3,5H,2,4H2,(H2,13,15). The fourth-order valence-corrected chi connectivity index (χ4v) is 2.28. The molecular weight excluding hydrogens is 293 g/mol. The molecule has 0 amide bonds. The van der Waals surface area contributed by atoms with Gasteiger partial charge in [0.2, 0.25) is 5.13 Å². The van der Waals surface area contributed by atoms with Crippen LogP contribution in [0, 0.1) is 5.82 Å². The van der Waals surface area contributed by atoms with E-state index >= 15 is 0 Å². The lowest BCUT2D eigenvalue weighted by Crippen LogP contribution is -1.94. The highest BCUT2D eigenvalue weighted by Gasteiger charge is 2.06. The van der Waals surface area contributed by atoms with Crippen molar-refractivity contribution in [3.63, 3.8) is 0 Å². The first-order chi connectivity index (χ1) is 7.65. The molecule has 0 aliphatic rings. The number of anilines is 1. The van der Waals surface area contributed by atoms with E-state index in [4.69, 9.17) is 5.73 Å². The highest BCUT2D eigenvalue weighted by Crippen LogP contribution is 2.18. The fourth-order valence-electron chi connectivity index (χ4n) is 1.33. The van der Waals surface area contributed by atoms with Crippen molar-refractivity contribution >= 4 is 32.4 Å². The van der Waals surface area contributed by atoms with Crippen molar-refractivity contribution in [3.8, 4) is 0 Å². The Morgan fingerprint density at radius 2 is 2.12 bits per heavy atom. The van der Waals surface area contributed by atoms with Gasteiger partial charge in [0.15, 0.2) is 0 Å². The van der Waals surface area contributed by atoms with Gasteiger partial charge in [-0.2, -0.15) is 0 Å². The second-order valence-electron chi connectivity index (χ2n) is 3.27. The summed E-state index contributed by atoms with van der Waals surface area (Å²) in [7, 11) is 0. The maximum absolute atomic E-state index is 13.5. The molecule has 0 aliphatic heterocycles. The summed E-state index contributed by atoms with van der Waals surface area (Å²) < 4.78 is 14.2. The molecule has 6 heteroatoms. The smallest absolute Gasteiger partial charge is 0.203 e. The number of aromatic nitrogens is 2. The molecule has 84 valence electrons. The van der Waals surface area contributed by atoms with E-state index in [-0.39, 0.29) is 5.82 Å². The Balaban J connectivity index is 2.04. The molecule has 3 nitrogen and oxygen atoms in total. The first-order valence-electron chi connectivity index (χ1n) is 4.67. The number of rotatable bonds is 3. The zero-order valence-corrected chi connectivity index (χ0v) is 10.7. The topological polar surface area (TPSA) is 51.8 Å². The van der Waals surface area contributed by atoms with Gasteiger partial charge in [0.25, 0.3) is 0 Å². The molecular formula is C10H9BrFN3S. The predicted molar refractivity (Wildman–Crippen MR) is 65.8 cm³/mol. The van der Waals surface area contributed by atoms with E-state index in [1.807, 2.05) is 6.07 Å². The molecule has 0 radical (unpaired) electrons. The van der Waals surface area contributed by atoms with Crippen LogP contribution in [0.1, 0.15) is 10.6 Å². The van der Waals surface area contributed by atoms with E-state index in [1.165, 1.54) is 17.4 Å². The summed E-state index contributed by atoms with van der Waals surface area (Å²) in [5.74, 6) is -0.202. The Hall–Kier alpha value is -1.01. The van der Waals surface area contributed by atoms with Crippen molar-refractivity contribution in [2.24, 2.45) is 0 Å². The quantitative estimate of drug-likeness (QED) is 0.948. The maximum atomic E-state index is 13.5. The molecule has 2 aromatic rings. The lowest BCUT2D eigenvalue weighted by atomic mass is 10.1. The summed E-state index contributed by atoms with van der Waals surface area (Å²) in [6.45, 7) is 0. The minimum atomic E-state index is -0.202. The second kappa shape index (κ2) is 4.88. The van der Waals surface area contributed by atoms with Crippen LogP contribution >= 0.6 is 27.3 Å². The van der Waals surface area contributed by atoms with Gasteiger partial charge < -0.3 is 5.73 Å². The monoisotopic (exact) mass is 301 g/mol. The maximum Gasteiger partial charge on any atom is 0.203 e. The number of benzene rings is 1. The number of halogens is 2. The Bertz CT molecular complexity index is 501. The van der Waals surface area contributed by atoms with E-state index in [2.05, 4.69) is 26.1 Å². The summed E-state index contributed by atoms with van der Waals surface area (Å²) >= 11 is 4.56. The van der Waals surface area contributed by atoms with Crippen LogP contribution in [-0.4, -0.2) is 10.2 Å². The number of hydrogen-bond acceptors (Lipinski definition) is 4. The van der Waals surface area contributed by atoms with Crippen molar-refractivity contribution in [1.82, 2.24) is 10.2 Å². The zero-order chi connectivity index (χ0) is 11.5. The van der Waals surface area contributed by atoms with Gasteiger partial charge >= 0.3 is 0 Å². The third kappa shape index (κ3) is 2.76. The Kier molecular flexibility index (Phi) is 3.50. The van der Waals surface area contributed by atoms with E-state index in [9.17, 15) is 4.39 Å². The van der Waals surface area contributed by atoms with Crippen LogP contribution in [0.3, 0.4) is 0 Å². The van der Waals surface area contributed by atoms with Crippen LogP contribution in [-0.2, 0) is 12.8 Å². The minimum absolute atomic E-state index is 0.202. The number of hydrogen-bond donors (Lipinski definition) is 1. The van der Waals surface area contributed by atoms with Crippen molar-refractivity contribution in [3.05, 3.63) is 39.1 Å². The molecule has 0 fully saturated rings. The lowest BCUT2D eigenvalue weighted by Gasteiger charge is -2.01. The normalized spacial score (nSPS) is 10.6. The molecule has 0 atom stereocenters. The molecule has 0 saturated carbocycles. The van der Waals surface area contributed by atoms with Crippen molar-refractivity contribution in [1.29, 1.82) is 0 Å². The van der Waals surface area contributed by atoms with Gasteiger partial charge in [-0.3, -0.25) is 0 Å². The second-order valence-corrected chi connectivity index (χ2v) is 5.28. The molecule has 1 heterocycles. The molecule has 16 heavy (non-hydrogen) atoms. The van der Waals surface area contributed by atoms with Gasteiger partial charge in [0.1, 0.15) is 10.8 Å². The molecule has 1 aromatic heterocycles. The Labute approximate surface area is 105 Å². The summed E-state index contributed by atoms with van der Waals surface area (Å²) in [6, 6.07) is 5.06. The summed E-state index contributed by atoms with van der Waals surface area (Å²) in [6.07, 6.45) is 1.27. The van der Waals surface area contributed by atoms with Gasteiger partial charge in [-0.15, -0.1) is 10.2 Å². The highest BCUT2D eigenvalue weighted by atomic mass is 79.9. The number of nitrogen functional groups attached to an aromatic ring is 1. The summed E-state index contributed by atoms with van der Waals surface area (Å²) in [5, 5.41) is 8.88. The third-order valence-electron chi connectivity index (χ3n) is 2.11. The number of nitrogens with zero attached hydrogens (tertiary/aromatic N) is 2. The first-order valence-corrected chi connectivity index (χ1v) is 6.28. The molecule has 0 spiro atoms. The van der Waals surface area contributed by atoms with Crippen LogP contribution < -0.4 is 5.73 Å². The number of nitrogens with two attached hydrogens (primary N) is 1. The molecule has 2 rings (SSSR count). The van der Waals surface area contributed by atoms with Gasteiger partial charge in [-0.1, -0.05) is 33.3 Å². The van der Waals surface area contributed by atoms with Gasteiger partial charge in [0, 0.05) is 10.9 Å². The van der Waals surface area contributed by atoms with E-state index in [1.54, 1.807) is 6.07 Å². The van der Waals surface area contributed by atoms with E-state index in [0.717, 1.165) is 9.48 Å². The zero-order valence-electron chi connectivity index (χ0n) is 8.28. The summed E-state index contributed by atoms with van der Waals surface area (Å²) in [4.78, 5) is 0. The lowest BCUT2D eigenvalue weighted by molar-refractivity contribution is 0.607. The SMILES string of the molecule is Nc1nnc(CCc2ccc(Br)cc2F)s1. The molecule has 1 aromatic carbocycles. The molecule has 0 saturated heterocycles. The largest absolute Gasteiger partial charge is 0.374 e. The Morgan fingerprint density at radius 3 is 2.75 bits per heavy atom. The van der Waals surface area contributed by atoms with Crippen molar-refractivity contribution in [2.75, 3.05) is 5.73 Å². The van der Waals surface area contributed by atoms with Crippen LogP contribution in [0.5, 0.6) is 0 Å². The van der Waals surface area contributed by atoms with E-state index in [0.29, 0.717) is 23.5 Å². The van der Waals surface area contributed by atoms with Gasteiger partial charge in [-0.05, 0) is 24.1 Å². The first kappa shape index (κ1) is 11.5. The molecule has 0 aliphatic carbocycles. The predicted octanol–water partition coefficient (Wildman–Crippen LogP) is 2.81. The minimum Gasteiger partial charge on any atom is -0.374 e. The van der Waals surface area contributed by atoms with Gasteiger partial charge in [0.05, 0.1) is 0 Å². The van der Waals surface area contributed by atoms with Crippen LogP contribution in [0.15, 0.2) is 22.7 Å². The van der Waals surface area contributed by atoms with Gasteiger partial charge in [-0.25, -0.2) is 4.39 Å². The highest BCUT2D eigenvalue weighted by molar-refractivity contribution is 9.10. The third-order valence-corrected chi connectivity index (χ3v) is 3.41. The van der Waals surface area contributed by atoms with Crippen LogP contribution in [0.25, 0.3) is 0 Å². The van der Waals surface area contributed by atoms with Crippen molar-refractivity contribution in [2.45, 2.75) is 12.8 Å². The van der Waals surface area contributed by atoms with Crippen molar-refractivity contribution < 1.29 is 4.39 Å². The fraction of sp³-hybridized carbons (Fsp3) is 0.200. The Morgan fingerprint density at radius 1 is 1.31 bits per heavy atom. The van der Waals surface area contributed by atoms with E-state index < -0.39 is 0 Å². The summed E-state index contributed by atoms with van der Waals surface area (Å²) in [5.41, 5.74) is 6.14.